The third kappa shape index (κ3) is 5.61. The molecule has 4 rings (SSSR count). The van der Waals surface area contributed by atoms with Gasteiger partial charge in [0.15, 0.2) is 16.1 Å². The van der Waals surface area contributed by atoms with Crippen LogP contribution < -0.4 is 15.6 Å². The van der Waals surface area contributed by atoms with E-state index >= 15 is 0 Å². The van der Waals surface area contributed by atoms with Crippen LogP contribution in [0.5, 0.6) is 0 Å². The van der Waals surface area contributed by atoms with E-state index in [0.717, 1.165) is 11.8 Å². The average molecular weight is 531 g/mol. The Kier molecular flexibility index (Phi) is 7.05. The Hall–Kier alpha value is -3.48. The first-order valence-corrected chi connectivity index (χ1v) is 12.9. The number of nitrogens with one attached hydrogen (secondary N) is 2. The molecule has 0 aliphatic rings. The summed E-state index contributed by atoms with van der Waals surface area (Å²) in [6.45, 7) is 1.69. The summed E-state index contributed by atoms with van der Waals surface area (Å²) in [6, 6.07) is 15.5. The number of fused-ring (bicyclic) bond motifs is 1. The van der Waals surface area contributed by atoms with Gasteiger partial charge in [-0.05, 0) is 55.5 Å². The topological polar surface area (TPSA) is 136 Å². The molecule has 10 nitrogen and oxygen atoms in total. The maximum Gasteiger partial charge on any atom is 0.263 e. The first kappa shape index (κ1) is 24.6. The van der Waals surface area contributed by atoms with E-state index < -0.39 is 15.3 Å². The molecule has 0 bridgehead atoms. The van der Waals surface area contributed by atoms with Gasteiger partial charge in [-0.25, -0.2) is 13.4 Å². The van der Waals surface area contributed by atoms with Crippen LogP contribution in [0.4, 0.5) is 11.5 Å². The fourth-order valence-corrected chi connectivity index (χ4v) is 5.01. The van der Waals surface area contributed by atoms with Crippen LogP contribution in [-0.2, 0) is 21.9 Å². The minimum absolute atomic E-state index is 0.0225. The number of carbonyl (C=O) groups excluding carboxylic acids is 1. The van der Waals surface area contributed by atoms with Gasteiger partial charge < -0.3 is 5.32 Å². The molecular weight excluding hydrogens is 512 g/mol. The van der Waals surface area contributed by atoms with E-state index in [4.69, 9.17) is 11.6 Å². The van der Waals surface area contributed by atoms with Gasteiger partial charge in [0.2, 0.25) is 5.91 Å². The molecule has 4 aromatic rings. The molecule has 2 N–H and O–H groups in total. The van der Waals surface area contributed by atoms with E-state index in [1.54, 1.807) is 38.2 Å². The third-order valence-corrected chi connectivity index (χ3v) is 7.61. The highest BCUT2D eigenvalue weighted by atomic mass is 35.5. The fraction of sp³-hybridized carbons (Fsp3) is 0.136. The highest BCUT2D eigenvalue weighted by molar-refractivity contribution is 8.00. The lowest BCUT2D eigenvalue weighted by molar-refractivity contribution is -0.115. The van der Waals surface area contributed by atoms with E-state index in [1.165, 1.54) is 41.0 Å². The van der Waals surface area contributed by atoms with Gasteiger partial charge in [0.1, 0.15) is 0 Å². The molecular formula is C22H19ClN6O4S2. The van der Waals surface area contributed by atoms with E-state index in [9.17, 15) is 18.0 Å². The molecule has 0 aliphatic carbocycles. The summed E-state index contributed by atoms with van der Waals surface area (Å²) in [6.07, 6.45) is 0. The van der Waals surface area contributed by atoms with Crippen LogP contribution in [0, 0.1) is 0 Å². The number of aromatic nitrogens is 4. The number of rotatable bonds is 7. The highest BCUT2D eigenvalue weighted by Gasteiger charge is 2.19. The smallest absolute Gasteiger partial charge is 0.263 e. The van der Waals surface area contributed by atoms with Gasteiger partial charge >= 0.3 is 0 Å². The maximum absolute atomic E-state index is 12.7. The van der Waals surface area contributed by atoms with Gasteiger partial charge in [0, 0.05) is 12.7 Å². The van der Waals surface area contributed by atoms with E-state index in [-0.39, 0.29) is 27.3 Å². The number of sulfonamides is 1. The Balaban J connectivity index is 1.44. The monoisotopic (exact) mass is 530 g/mol. The van der Waals surface area contributed by atoms with Crippen molar-refractivity contribution in [2.75, 3.05) is 10.0 Å². The van der Waals surface area contributed by atoms with Gasteiger partial charge in [-0.15, -0.1) is 10.2 Å². The largest absolute Gasteiger partial charge is 0.325 e. The van der Waals surface area contributed by atoms with Crippen molar-refractivity contribution in [1.29, 1.82) is 0 Å². The first-order chi connectivity index (χ1) is 16.6. The zero-order valence-electron chi connectivity index (χ0n) is 18.5. The number of hydrogen-bond acceptors (Lipinski definition) is 8. The zero-order chi connectivity index (χ0) is 25.2. The second-order valence-corrected chi connectivity index (χ2v) is 10.8. The second-order valence-electron chi connectivity index (χ2n) is 7.40. The molecule has 0 aliphatic heterocycles. The van der Waals surface area contributed by atoms with Crippen molar-refractivity contribution in [3.05, 3.63) is 76.2 Å². The summed E-state index contributed by atoms with van der Waals surface area (Å²) in [7, 11) is -2.30. The van der Waals surface area contributed by atoms with Crippen molar-refractivity contribution < 1.29 is 13.2 Å². The summed E-state index contributed by atoms with van der Waals surface area (Å²) in [5, 5.41) is 10.5. The van der Waals surface area contributed by atoms with Crippen molar-refractivity contribution in [2.24, 2.45) is 7.05 Å². The van der Waals surface area contributed by atoms with Crippen LogP contribution in [0.2, 0.25) is 5.15 Å². The summed E-state index contributed by atoms with van der Waals surface area (Å²) >= 11 is 6.81. The number of thioether (sulfide) groups is 1. The molecule has 0 saturated heterocycles. The highest BCUT2D eigenvalue weighted by Crippen LogP contribution is 2.24. The predicted octanol–water partition coefficient (Wildman–Crippen LogP) is 3.30. The van der Waals surface area contributed by atoms with Crippen molar-refractivity contribution in [3.63, 3.8) is 0 Å². The van der Waals surface area contributed by atoms with Crippen LogP contribution >= 0.6 is 23.4 Å². The molecule has 0 spiro atoms. The predicted molar refractivity (Wildman–Crippen MR) is 135 cm³/mol. The van der Waals surface area contributed by atoms with Crippen molar-refractivity contribution in [3.8, 4) is 0 Å². The number of carbonyl (C=O) groups is 1. The minimum atomic E-state index is -3.91. The maximum atomic E-state index is 12.7. The van der Waals surface area contributed by atoms with E-state index in [0.29, 0.717) is 21.7 Å². The van der Waals surface area contributed by atoms with E-state index in [1.807, 2.05) is 0 Å². The molecule has 0 fully saturated rings. The van der Waals surface area contributed by atoms with Crippen LogP contribution in [0.1, 0.15) is 6.92 Å². The van der Waals surface area contributed by atoms with Gasteiger partial charge in [-0.2, -0.15) is 0 Å². The van der Waals surface area contributed by atoms with Crippen molar-refractivity contribution in [1.82, 2.24) is 19.7 Å². The van der Waals surface area contributed by atoms with Gasteiger partial charge in [-0.3, -0.25) is 18.9 Å². The number of nitrogens with zero attached hydrogens (tertiary/aromatic N) is 4. The molecule has 0 radical (unpaired) electrons. The molecule has 13 heteroatoms. The molecule has 2 aromatic heterocycles. The van der Waals surface area contributed by atoms with Gasteiger partial charge in [0.25, 0.3) is 15.6 Å². The molecule has 0 saturated carbocycles. The SMILES string of the molecule is CC(Sc1nc2ccccc2c(=O)n1C)C(=O)Nc1ccc(S(=O)(=O)Nc2ccc(Cl)nn2)cc1. The third-order valence-electron chi connectivity index (χ3n) is 4.90. The summed E-state index contributed by atoms with van der Waals surface area (Å²) in [4.78, 5) is 29.8. The number of benzene rings is 2. The number of amides is 1. The Morgan fingerprint density at radius 1 is 1.06 bits per heavy atom. The van der Waals surface area contributed by atoms with Crippen LogP contribution in [0.15, 0.2) is 75.5 Å². The van der Waals surface area contributed by atoms with Gasteiger partial charge in [0.05, 0.1) is 21.0 Å². The summed E-state index contributed by atoms with van der Waals surface area (Å²) in [5.74, 6) is -0.308. The lowest BCUT2D eigenvalue weighted by atomic mass is 10.2. The fourth-order valence-electron chi connectivity index (χ4n) is 3.04. The Labute approximate surface area is 209 Å². The quantitative estimate of drug-likeness (QED) is 0.274. The molecule has 2 heterocycles. The molecule has 1 atom stereocenters. The van der Waals surface area contributed by atoms with Crippen molar-refractivity contribution in [2.45, 2.75) is 22.2 Å². The van der Waals surface area contributed by atoms with E-state index in [2.05, 4.69) is 25.2 Å². The zero-order valence-corrected chi connectivity index (χ0v) is 20.9. The molecule has 2 aromatic carbocycles. The number of anilines is 2. The van der Waals surface area contributed by atoms with Crippen molar-refractivity contribution >= 4 is 61.7 Å². The summed E-state index contributed by atoms with van der Waals surface area (Å²) in [5.41, 5.74) is 0.773. The standard InChI is InChI=1S/C22H19ClN6O4S2/c1-13(34-22-25-17-6-4-3-5-16(17)21(31)29(22)2)20(30)24-14-7-9-15(10-8-14)35(32,33)28-19-12-11-18(23)26-27-19/h3-13H,1-2H3,(H,24,30)(H,27,28). The lowest BCUT2D eigenvalue weighted by Crippen LogP contribution is -2.25. The number of halogens is 1. The first-order valence-electron chi connectivity index (χ1n) is 10.2. The molecule has 1 unspecified atom stereocenters. The Bertz CT molecular complexity index is 1560. The van der Waals surface area contributed by atoms with Crippen LogP contribution in [-0.4, -0.2) is 39.3 Å². The summed E-state index contributed by atoms with van der Waals surface area (Å²) < 4.78 is 28.8. The second kappa shape index (κ2) is 10.0. The van der Waals surface area contributed by atoms with Crippen LogP contribution in [0.3, 0.4) is 0 Å². The number of para-hydroxylation sites is 1. The average Bonchev–Trinajstić information content (AvgIpc) is 2.84. The Morgan fingerprint density at radius 2 is 1.77 bits per heavy atom. The Morgan fingerprint density at radius 3 is 2.46 bits per heavy atom. The minimum Gasteiger partial charge on any atom is -0.325 e. The normalized spacial score (nSPS) is 12.3. The van der Waals surface area contributed by atoms with Crippen LogP contribution in [0.25, 0.3) is 10.9 Å². The van der Waals surface area contributed by atoms with Gasteiger partial charge in [-0.1, -0.05) is 35.5 Å². The lowest BCUT2D eigenvalue weighted by Gasteiger charge is -2.14. The molecule has 35 heavy (non-hydrogen) atoms. The molecule has 180 valence electrons. The number of hydrogen-bond donors (Lipinski definition) is 2. The molecule has 1 amide bonds.